The van der Waals surface area contributed by atoms with Crippen LogP contribution >= 0.6 is 0 Å². The van der Waals surface area contributed by atoms with Gasteiger partial charge < -0.3 is 35.0 Å². The lowest BCUT2D eigenvalue weighted by molar-refractivity contribution is -0.192. The monoisotopic (exact) mass is 635 g/mol. The number of ether oxygens (including phenoxy) is 2. The molecule has 3 amide bonds. The highest BCUT2D eigenvalue weighted by molar-refractivity contribution is 5.90. The molecular formula is C29H36F3N7O6. The number of benzene rings is 1. The van der Waals surface area contributed by atoms with Crippen LogP contribution in [-0.4, -0.2) is 114 Å². The summed E-state index contributed by atoms with van der Waals surface area (Å²) >= 11 is 0. The summed E-state index contributed by atoms with van der Waals surface area (Å²) in [6.45, 7) is 8.31. The average molecular weight is 636 g/mol. The van der Waals surface area contributed by atoms with Crippen LogP contribution < -0.4 is 15.5 Å². The van der Waals surface area contributed by atoms with Crippen molar-refractivity contribution in [2.75, 3.05) is 62.8 Å². The van der Waals surface area contributed by atoms with E-state index in [0.29, 0.717) is 58.1 Å². The minimum atomic E-state index is -5.08. The molecule has 1 atom stereocenters. The fourth-order valence-corrected chi connectivity index (χ4v) is 5.15. The van der Waals surface area contributed by atoms with E-state index in [1.807, 2.05) is 29.2 Å². The third kappa shape index (κ3) is 8.58. The fraction of sp³-hybridized carbons (Fsp3) is 0.552. The number of carboxylic acid groups (broad SMARTS) is 1. The van der Waals surface area contributed by atoms with Crippen molar-refractivity contribution < 1.29 is 42.1 Å². The lowest BCUT2D eigenvalue weighted by atomic mass is 10.1. The van der Waals surface area contributed by atoms with Gasteiger partial charge in [-0.15, -0.1) is 0 Å². The Morgan fingerprint density at radius 3 is 2.29 bits per heavy atom. The summed E-state index contributed by atoms with van der Waals surface area (Å²) in [4.78, 5) is 50.5. The second kappa shape index (κ2) is 14.0. The molecule has 0 bridgehead atoms. The van der Waals surface area contributed by atoms with Gasteiger partial charge in [-0.1, -0.05) is 12.1 Å². The number of aromatic nitrogens is 2. The Kier molecular flexibility index (Phi) is 10.0. The molecular weight excluding hydrogens is 599 g/mol. The molecule has 45 heavy (non-hydrogen) atoms. The number of hydrogen-bond donors (Lipinski definition) is 3. The van der Waals surface area contributed by atoms with E-state index < -0.39 is 12.1 Å². The summed E-state index contributed by atoms with van der Waals surface area (Å²) in [6.07, 6.45) is -3.00. The van der Waals surface area contributed by atoms with Crippen molar-refractivity contribution in [2.24, 2.45) is 0 Å². The second-order valence-corrected chi connectivity index (χ2v) is 11.3. The van der Waals surface area contributed by atoms with Crippen LogP contribution in [0.5, 0.6) is 0 Å². The van der Waals surface area contributed by atoms with Crippen LogP contribution in [0.2, 0.25) is 0 Å². The number of carbonyl (C=O) groups is 3. The number of hydrogen-bond acceptors (Lipinski definition) is 9. The molecule has 1 saturated carbocycles. The number of anilines is 2. The predicted molar refractivity (Wildman–Crippen MR) is 155 cm³/mol. The van der Waals surface area contributed by atoms with Gasteiger partial charge in [0.2, 0.25) is 11.9 Å². The van der Waals surface area contributed by atoms with Crippen molar-refractivity contribution in [1.29, 1.82) is 0 Å². The second-order valence-electron chi connectivity index (χ2n) is 11.3. The first-order valence-electron chi connectivity index (χ1n) is 14.8. The number of amides is 3. The summed E-state index contributed by atoms with van der Waals surface area (Å²) in [5.74, 6) is -1.99. The Labute approximate surface area is 257 Å². The number of nitrogens with one attached hydrogen (secondary N) is 2. The van der Waals surface area contributed by atoms with Crippen LogP contribution in [-0.2, 0) is 32.2 Å². The first-order chi connectivity index (χ1) is 21.5. The molecule has 6 rings (SSSR count). The normalized spacial score (nSPS) is 20.1. The molecule has 1 aliphatic carbocycles. The number of nitrogens with zero attached hydrogens (tertiary/aromatic N) is 5. The highest BCUT2D eigenvalue weighted by Crippen LogP contribution is 2.34. The number of morpholine rings is 2. The van der Waals surface area contributed by atoms with E-state index >= 15 is 0 Å². The highest BCUT2D eigenvalue weighted by Gasteiger charge is 2.38. The topological polar surface area (TPSA) is 149 Å². The van der Waals surface area contributed by atoms with E-state index in [2.05, 4.69) is 27.4 Å². The van der Waals surface area contributed by atoms with Crippen LogP contribution in [0.15, 0.2) is 24.3 Å². The zero-order valence-corrected chi connectivity index (χ0v) is 24.8. The highest BCUT2D eigenvalue weighted by atomic mass is 19.4. The van der Waals surface area contributed by atoms with Gasteiger partial charge in [-0.2, -0.15) is 13.2 Å². The molecule has 3 fully saturated rings. The molecule has 13 nitrogen and oxygen atoms in total. The molecule has 2 saturated heterocycles. The van der Waals surface area contributed by atoms with Crippen molar-refractivity contribution in [3.05, 3.63) is 35.5 Å². The van der Waals surface area contributed by atoms with Crippen molar-refractivity contribution in [3.63, 3.8) is 0 Å². The predicted octanol–water partition coefficient (Wildman–Crippen LogP) is 2.46. The SMILES string of the molecule is C[C@H]1COCCN1c1nc2c(c(-c3ccc(NC(=O)NC4CC4)cc3)n1)CN(C(=O)CN1CCOCC1)C2.O=C(O)C(F)(F)F. The van der Waals surface area contributed by atoms with Gasteiger partial charge in [0, 0.05) is 42.5 Å². The van der Waals surface area contributed by atoms with Gasteiger partial charge in [0.1, 0.15) is 0 Å². The van der Waals surface area contributed by atoms with Crippen molar-refractivity contribution >= 4 is 29.5 Å². The number of urea groups is 1. The Morgan fingerprint density at radius 1 is 1.00 bits per heavy atom. The van der Waals surface area contributed by atoms with Gasteiger partial charge in [-0.25, -0.2) is 19.6 Å². The molecule has 3 N–H and O–H groups in total. The summed E-state index contributed by atoms with van der Waals surface area (Å²) in [5.41, 5.74) is 4.37. The maximum atomic E-state index is 13.2. The number of rotatable bonds is 6. The van der Waals surface area contributed by atoms with Gasteiger partial charge in [0.25, 0.3) is 0 Å². The van der Waals surface area contributed by atoms with Crippen molar-refractivity contribution in [3.8, 4) is 11.3 Å². The molecule has 0 radical (unpaired) electrons. The Balaban J connectivity index is 0.000000515. The van der Waals surface area contributed by atoms with E-state index in [1.165, 1.54) is 0 Å². The quantitative estimate of drug-likeness (QED) is 0.432. The smallest absolute Gasteiger partial charge is 0.475 e. The minimum absolute atomic E-state index is 0.0957. The molecule has 0 spiro atoms. The minimum Gasteiger partial charge on any atom is -0.475 e. The zero-order chi connectivity index (χ0) is 32.1. The largest absolute Gasteiger partial charge is 0.490 e. The maximum absolute atomic E-state index is 13.2. The van der Waals surface area contributed by atoms with Crippen LogP contribution in [0.1, 0.15) is 31.0 Å². The average Bonchev–Trinajstić information content (AvgIpc) is 3.71. The summed E-state index contributed by atoms with van der Waals surface area (Å²) in [6, 6.07) is 8.01. The standard InChI is InChI=1S/C27H35N7O4.C2HF3O2/c1-18-17-38-13-10-34(18)26-30-23-15-33(24(35)16-32-8-11-37-12-9-32)14-22(23)25(31-26)19-2-4-20(5-3-19)28-27(36)29-21-6-7-21;3-2(4,5)1(6)7/h2-5,18,21H,6-17H2,1H3,(H2,28,29,36);(H,6,7)/t18-;/m0./s1. The fourth-order valence-electron chi connectivity index (χ4n) is 5.15. The molecule has 3 aliphatic heterocycles. The van der Waals surface area contributed by atoms with E-state index in [0.717, 1.165) is 60.7 Å². The van der Waals surface area contributed by atoms with Crippen LogP contribution in [0.4, 0.5) is 29.6 Å². The number of fused-ring (bicyclic) bond motifs is 1. The third-order valence-electron chi connectivity index (χ3n) is 7.78. The number of carbonyl (C=O) groups excluding carboxylic acids is 2. The van der Waals surface area contributed by atoms with Gasteiger partial charge in [-0.3, -0.25) is 9.69 Å². The van der Waals surface area contributed by atoms with Gasteiger partial charge in [0.05, 0.1) is 63.5 Å². The summed E-state index contributed by atoms with van der Waals surface area (Å²) in [5, 5.41) is 13.0. The lowest BCUT2D eigenvalue weighted by Gasteiger charge is -2.33. The maximum Gasteiger partial charge on any atom is 0.490 e. The number of aliphatic carboxylic acids is 1. The Hall–Kier alpha value is -4.02. The molecule has 4 aliphatic rings. The van der Waals surface area contributed by atoms with Crippen LogP contribution in [0.25, 0.3) is 11.3 Å². The van der Waals surface area contributed by atoms with Crippen LogP contribution in [0, 0.1) is 0 Å². The molecule has 1 aromatic heterocycles. The molecule has 1 aromatic carbocycles. The van der Waals surface area contributed by atoms with Gasteiger partial charge in [0.15, 0.2) is 0 Å². The lowest BCUT2D eigenvalue weighted by Crippen LogP contribution is -2.44. The molecule has 244 valence electrons. The molecule has 0 unspecified atom stereocenters. The van der Waals surface area contributed by atoms with E-state index in [4.69, 9.17) is 29.3 Å². The van der Waals surface area contributed by atoms with Crippen molar-refractivity contribution in [2.45, 2.75) is 51.1 Å². The Morgan fingerprint density at radius 2 is 1.67 bits per heavy atom. The zero-order valence-electron chi connectivity index (χ0n) is 24.8. The number of carboxylic acids is 1. The van der Waals surface area contributed by atoms with Crippen LogP contribution in [0.3, 0.4) is 0 Å². The van der Waals surface area contributed by atoms with Gasteiger partial charge in [-0.05, 0) is 31.9 Å². The summed E-state index contributed by atoms with van der Waals surface area (Å²) < 4.78 is 42.8. The van der Waals surface area contributed by atoms with E-state index in [-0.39, 0.29) is 18.0 Å². The van der Waals surface area contributed by atoms with Crippen molar-refractivity contribution in [1.82, 2.24) is 25.1 Å². The van der Waals surface area contributed by atoms with E-state index in [1.54, 1.807) is 0 Å². The first-order valence-corrected chi connectivity index (χ1v) is 14.8. The third-order valence-corrected chi connectivity index (χ3v) is 7.78. The Bertz CT molecular complexity index is 1380. The first kappa shape index (κ1) is 32.4. The van der Waals surface area contributed by atoms with Gasteiger partial charge >= 0.3 is 18.2 Å². The van der Waals surface area contributed by atoms with E-state index in [9.17, 15) is 22.8 Å². The molecule has 16 heteroatoms. The molecule has 4 heterocycles. The number of halogens is 3. The summed E-state index contributed by atoms with van der Waals surface area (Å²) in [7, 11) is 0. The molecule has 2 aromatic rings. The number of alkyl halides is 3.